The summed E-state index contributed by atoms with van der Waals surface area (Å²) in [6.07, 6.45) is 0.943. The van der Waals surface area contributed by atoms with Gasteiger partial charge in [0.05, 0.1) is 31.9 Å². The predicted octanol–water partition coefficient (Wildman–Crippen LogP) is 3.51. The summed E-state index contributed by atoms with van der Waals surface area (Å²) in [6.45, 7) is 6.02. The van der Waals surface area contributed by atoms with Gasteiger partial charge in [-0.05, 0) is 61.2 Å². The number of methoxy groups -OCH3 is 1. The summed E-state index contributed by atoms with van der Waals surface area (Å²) in [5.41, 5.74) is 4.10. The fraction of sp³-hybridized carbons (Fsp3) is 0.381. The number of hydrogen-bond acceptors (Lipinski definition) is 5. The molecule has 1 aliphatic rings. The van der Waals surface area contributed by atoms with Crippen molar-refractivity contribution in [3.63, 3.8) is 0 Å². The van der Waals surface area contributed by atoms with Crippen LogP contribution in [0.15, 0.2) is 36.4 Å². The molecule has 138 valence electrons. The lowest BCUT2D eigenvalue weighted by Gasteiger charge is -2.29. The quantitative estimate of drug-likeness (QED) is 0.804. The van der Waals surface area contributed by atoms with Gasteiger partial charge in [0.1, 0.15) is 0 Å². The summed E-state index contributed by atoms with van der Waals surface area (Å²) in [5.74, 6) is 1.25. The molecule has 1 aliphatic heterocycles. The van der Waals surface area contributed by atoms with Crippen LogP contribution in [0.1, 0.15) is 46.9 Å². The van der Waals surface area contributed by atoms with Gasteiger partial charge >= 0.3 is 5.97 Å². The van der Waals surface area contributed by atoms with Crippen molar-refractivity contribution in [1.29, 1.82) is 0 Å². The molecule has 1 heterocycles. The molecule has 26 heavy (non-hydrogen) atoms. The number of hydrogen-bond donors (Lipinski definition) is 1. The highest BCUT2D eigenvalue weighted by Crippen LogP contribution is 2.37. The highest BCUT2D eigenvalue weighted by molar-refractivity contribution is 5.89. The summed E-state index contributed by atoms with van der Waals surface area (Å²) in [6, 6.07) is 11.8. The van der Waals surface area contributed by atoms with Crippen molar-refractivity contribution in [1.82, 2.24) is 5.32 Å². The van der Waals surface area contributed by atoms with Crippen LogP contribution in [-0.4, -0.2) is 32.8 Å². The predicted molar refractivity (Wildman–Crippen MR) is 100 cm³/mol. The largest absolute Gasteiger partial charge is 0.490 e. The molecule has 0 saturated heterocycles. The van der Waals surface area contributed by atoms with Crippen LogP contribution in [0.2, 0.25) is 0 Å². The molecular formula is C21H25NO4. The number of esters is 1. The Kier molecular flexibility index (Phi) is 5.78. The van der Waals surface area contributed by atoms with Gasteiger partial charge in [-0.25, -0.2) is 4.79 Å². The number of ether oxygens (including phenoxy) is 3. The first-order valence-electron chi connectivity index (χ1n) is 9.02. The van der Waals surface area contributed by atoms with Crippen LogP contribution in [0.3, 0.4) is 0 Å². The third kappa shape index (κ3) is 3.68. The first-order chi connectivity index (χ1) is 12.7. The van der Waals surface area contributed by atoms with Crippen LogP contribution in [0.4, 0.5) is 0 Å². The average molecular weight is 355 g/mol. The topological polar surface area (TPSA) is 56.8 Å². The molecule has 5 nitrogen and oxygen atoms in total. The summed E-state index contributed by atoms with van der Waals surface area (Å²) in [4.78, 5) is 11.6. The SMILES string of the molecule is CCOc1cc2c(cc1OCC)[C@H](c1ccc(C(=O)OC)cc1)NCC2. The number of benzene rings is 2. The molecule has 5 heteroatoms. The van der Waals surface area contributed by atoms with Crippen LogP contribution in [0.5, 0.6) is 11.5 Å². The van der Waals surface area contributed by atoms with E-state index in [0.717, 1.165) is 30.0 Å². The van der Waals surface area contributed by atoms with E-state index in [2.05, 4.69) is 17.4 Å². The molecule has 0 saturated carbocycles. The van der Waals surface area contributed by atoms with Gasteiger partial charge in [-0.2, -0.15) is 0 Å². The van der Waals surface area contributed by atoms with E-state index in [4.69, 9.17) is 14.2 Å². The van der Waals surface area contributed by atoms with E-state index in [1.807, 2.05) is 26.0 Å². The third-order valence-electron chi connectivity index (χ3n) is 4.52. The Bertz CT molecular complexity index is 770. The normalized spacial score (nSPS) is 15.9. The number of rotatable bonds is 6. The summed E-state index contributed by atoms with van der Waals surface area (Å²) >= 11 is 0. The van der Waals surface area contributed by atoms with E-state index in [9.17, 15) is 4.79 Å². The van der Waals surface area contributed by atoms with Crippen LogP contribution in [-0.2, 0) is 11.2 Å². The molecule has 3 rings (SSSR count). The molecule has 2 aromatic carbocycles. The second-order valence-corrected chi connectivity index (χ2v) is 6.11. The maximum absolute atomic E-state index is 11.6. The van der Waals surface area contributed by atoms with Crippen molar-refractivity contribution in [3.05, 3.63) is 58.7 Å². The second kappa shape index (κ2) is 8.23. The average Bonchev–Trinajstić information content (AvgIpc) is 2.68. The Balaban J connectivity index is 1.97. The number of nitrogens with one attached hydrogen (secondary N) is 1. The molecule has 1 N–H and O–H groups in total. The van der Waals surface area contributed by atoms with Crippen molar-refractivity contribution in [2.75, 3.05) is 26.9 Å². The van der Waals surface area contributed by atoms with Gasteiger partial charge < -0.3 is 19.5 Å². The second-order valence-electron chi connectivity index (χ2n) is 6.11. The molecule has 2 aromatic rings. The Labute approximate surface area is 154 Å². The van der Waals surface area contributed by atoms with Crippen molar-refractivity contribution < 1.29 is 19.0 Å². The zero-order chi connectivity index (χ0) is 18.5. The lowest BCUT2D eigenvalue weighted by Crippen LogP contribution is -2.30. The highest BCUT2D eigenvalue weighted by atomic mass is 16.5. The van der Waals surface area contributed by atoms with Gasteiger partial charge in [-0.3, -0.25) is 0 Å². The Morgan fingerprint density at radius 3 is 2.35 bits per heavy atom. The number of carbonyl (C=O) groups is 1. The lowest BCUT2D eigenvalue weighted by atomic mass is 9.89. The number of carbonyl (C=O) groups excluding carboxylic acids is 1. The molecule has 0 bridgehead atoms. The first-order valence-corrected chi connectivity index (χ1v) is 9.02. The van der Waals surface area contributed by atoms with Gasteiger partial charge in [0.25, 0.3) is 0 Å². The maximum atomic E-state index is 11.6. The minimum Gasteiger partial charge on any atom is -0.490 e. The standard InChI is InChI=1S/C21H25NO4/c1-4-25-18-12-16-10-11-22-20(17(16)13-19(18)26-5-2)14-6-8-15(9-7-14)21(23)24-3/h6-9,12-13,20,22H,4-5,10-11H2,1-3H3/t20-/m0/s1. The Morgan fingerprint density at radius 2 is 1.73 bits per heavy atom. The van der Waals surface area contributed by atoms with Crippen LogP contribution < -0.4 is 14.8 Å². The van der Waals surface area contributed by atoms with E-state index in [0.29, 0.717) is 18.8 Å². The van der Waals surface area contributed by atoms with Crippen molar-refractivity contribution in [2.45, 2.75) is 26.3 Å². The molecule has 0 amide bonds. The van der Waals surface area contributed by atoms with E-state index in [1.165, 1.54) is 18.2 Å². The monoisotopic (exact) mass is 355 g/mol. The van der Waals surface area contributed by atoms with E-state index >= 15 is 0 Å². The zero-order valence-electron chi connectivity index (χ0n) is 15.5. The van der Waals surface area contributed by atoms with Crippen LogP contribution in [0.25, 0.3) is 0 Å². The highest BCUT2D eigenvalue weighted by Gasteiger charge is 2.24. The molecule has 0 unspecified atom stereocenters. The fourth-order valence-corrected chi connectivity index (χ4v) is 3.33. The van der Waals surface area contributed by atoms with Gasteiger partial charge in [0.15, 0.2) is 11.5 Å². The Hall–Kier alpha value is -2.53. The maximum Gasteiger partial charge on any atom is 0.337 e. The zero-order valence-corrected chi connectivity index (χ0v) is 15.5. The smallest absolute Gasteiger partial charge is 0.337 e. The number of fused-ring (bicyclic) bond motifs is 1. The van der Waals surface area contributed by atoms with Crippen molar-refractivity contribution in [2.24, 2.45) is 0 Å². The molecular weight excluding hydrogens is 330 g/mol. The first kappa shape index (κ1) is 18.3. The van der Waals surface area contributed by atoms with Crippen molar-refractivity contribution in [3.8, 4) is 11.5 Å². The summed E-state index contributed by atoms with van der Waals surface area (Å²) < 4.78 is 16.3. The molecule has 0 radical (unpaired) electrons. The minimum atomic E-state index is -0.325. The van der Waals surface area contributed by atoms with Crippen LogP contribution >= 0.6 is 0 Å². The van der Waals surface area contributed by atoms with E-state index in [1.54, 1.807) is 12.1 Å². The molecule has 0 aromatic heterocycles. The van der Waals surface area contributed by atoms with E-state index < -0.39 is 0 Å². The van der Waals surface area contributed by atoms with Gasteiger partial charge in [-0.15, -0.1) is 0 Å². The van der Waals surface area contributed by atoms with Gasteiger partial charge in [0.2, 0.25) is 0 Å². The van der Waals surface area contributed by atoms with E-state index in [-0.39, 0.29) is 12.0 Å². The van der Waals surface area contributed by atoms with Gasteiger partial charge in [-0.1, -0.05) is 12.1 Å². The fourth-order valence-electron chi connectivity index (χ4n) is 3.33. The lowest BCUT2D eigenvalue weighted by molar-refractivity contribution is 0.0600. The van der Waals surface area contributed by atoms with Gasteiger partial charge in [0, 0.05) is 6.54 Å². The minimum absolute atomic E-state index is 0.0559. The summed E-state index contributed by atoms with van der Waals surface area (Å²) in [7, 11) is 1.39. The van der Waals surface area contributed by atoms with Crippen molar-refractivity contribution >= 4 is 5.97 Å². The Morgan fingerprint density at radius 1 is 1.08 bits per heavy atom. The molecule has 0 fully saturated rings. The third-order valence-corrected chi connectivity index (χ3v) is 4.52. The molecule has 0 aliphatic carbocycles. The molecule has 0 spiro atoms. The summed E-state index contributed by atoms with van der Waals surface area (Å²) in [5, 5.41) is 3.56. The van der Waals surface area contributed by atoms with Crippen LogP contribution in [0, 0.1) is 0 Å². The molecule has 1 atom stereocenters.